The van der Waals surface area contributed by atoms with Crippen LogP contribution in [0.1, 0.15) is 68.4 Å². The fourth-order valence-electron chi connectivity index (χ4n) is 3.54. The Morgan fingerprint density at radius 2 is 1.79 bits per heavy atom. The van der Waals surface area contributed by atoms with E-state index < -0.39 is 0 Å². The van der Waals surface area contributed by atoms with Crippen LogP contribution in [0.2, 0.25) is 0 Å². The van der Waals surface area contributed by atoms with Crippen molar-refractivity contribution in [3.8, 4) is 11.1 Å². The van der Waals surface area contributed by atoms with Gasteiger partial charge in [-0.15, -0.1) is 11.3 Å². The van der Waals surface area contributed by atoms with E-state index in [1.165, 1.54) is 17.4 Å². The number of aromatic nitrogens is 1. The highest BCUT2D eigenvalue weighted by Crippen LogP contribution is 2.31. The molecule has 0 amide bonds. The van der Waals surface area contributed by atoms with Gasteiger partial charge in [-0.3, -0.25) is 4.79 Å². The number of nitrogens with zero attached hydrogens (tertiary/aromatic N) is 1. The number of aryl methyl sites for hydroxylation is 1. The highest BCUT2D eigenvalue weighted by atomic mass is 32.1. The van der Waals surface area contributed by atoms with Crippen molar-refractivity contribution in [1.82, 2.24) is 4.98 Å². The number of rotatable bonds is 8. The molecule has 0 aliphatic rings. The largest absolute Gasteiger partial charge is 0.397 e. The van der Waals surface area contributed by atoms with Crippen LogP contribution in [0.25, 0.3) is 16.7 Å². The molecule has 0 bridgehead atoms. The van der Waals surface area contributed by atoms with Gasteiger partial charge in [-0.2, -0.15) is 0 Å². The minimum atomic E-state index is -0.341. The molecule has 1 heterocycles. The molecule has 0 saturated heterocycles. The summed E-state index contributed by atoms with van der Waals surface area (Å²) in [5.74, 6) is -0.165. The number of halogens is 1. The topological polar surface area (TPSA) is 62.2 Å². The Hall–Kier alpha value is -2.83. The number of Topliss-reactive ketones (excluding diaryl/α,β-unsaturated/α-hetero) is 1. The molecule has 1 unspecified atom stereocenters. The molecule has 0 aliphatic carbocycles. The molecule has 3 rings (SSSR count). The number of carbonyl (C=O) groups is 1. The van der Waals surface area contributed by atoms with Crippen molar-refractivity contribution in [1.29, 1.82) is 0 Å². The van der Waals surface area contributed by atoms with Gasteiger partial charge in [-0.1, -0.05) is 56.7 Å². The first kappa shape index (κ1) is 27.4. The number of nitrogens with one attached hydrogen (secondary N) is 1. The highest BCUT2D eigenvalue weighted by Gasteiger charge is 2.15. The molecule has 2 aromatic carbocycles. The smallest absolute Gasteiger partial charge is 0.188 e. The summed E-state index contributed by atoms with van der Waals surface area (Å²) in [5.41, 5.74) is 4.78. The molecule has 182 valence electrons. The monoisotopic (exact) mass is 482 g/mol. The second kappa shape index (κ2) is 13.2. The number of aliphatic hydroxyl groups excluding tert-OH is 1. The van der Waals surface area contributed by atoms with Gasteiger partial charge in [0.2, 0.25) is 0 Å². The van der Waals surface area contributed by atoms with Crippen molar-refractivity contribution in [2.45, 2.75) is 54.4 Å². The van der Waals surface area contributed by atoms with Crippen LogP contribution in [0.3, 0.4) is 0 Å². The van der Waals surface area contributed by atoms with Gasteiger partial charge in [0.15, 0.2) is 10.9 Å². The number of ketones is 1. The van der Waals surface area contributed by atoms with E-state index in [2.05, 4.69) is 17.2 Å². The standard InChI is InChI=1S/C26H29FN2OS.C2H6O/c1-6-8-17(4)25(30)20-11-9-19(10-12-20)21-13-14-23(22(27)15-21)28-26-29-24(16(3)7-2)18(5)31-26;1-2-3/h7,9-15,17H,6,8H2,1-5H3,(H,28,29);3H,2H2,1H3/b16-7-;. The van der Waals surface area contributed by atoms with Crippen molar-refractivity contribution in [3.05, 3.63) is 70.5 Å². The molecule has 3 aromatic rings. The summed E-state index contributed by atoms with van der Waals surface area (Å²) < 4.78 is 14.8. The Morgan fingerprint density at radius 1 is 1.18 bits per heavy atom. The van der Waals surface area contributed by atoms with Crippen molar-refractivity contribution in [2.75, 3.05) is 11.9 Å². The summed E-state index contributed by atoms with van der Waals surface area (Å²) >= 11 is 1.51. The van der Waals surface area contributed by atoms with Crippen LogP contribution >= 0.6 is 11.3 Å². The predicted molar refractivity (Wildman–Crippen MR) is 142 cm³/mol. The lowest BCUT2D eigenvalue weighted by Gasteiger charge is -2.10. The van der Waals surface area contributed by atoms with E-state index >= 15 is 0 Å². The highest BCUT2D eigenvalue weighted by molar-refractivity contribution is 7.15. The molecule has 1 atom stereocenters. The molecule has 0 aliphatic heterocycles. The molecule has 6 heteroatoms. The molecule has 4 nitrogen and oxygen atoms in total. The van der Waals surface area contributed by atoms with Crippen molar-refractivity contribution in [2.24, 2.45) is 5.92 Å². The third-order valence-corrected chi connectivity index (χ3v) is 6.37. The molecule has 2 N–H and O–H groups in total. The maximum atomic E-state index is 14.8. The summed E-state index contributed by atoms with van der Waals surface area (Å²) in [5, 5.41) is 11.3. The summed E-state index contributed by atoms with van der Waals surface area (Å²) in [6.45, 7) is 12.0. The van der Waals surface area contributed by atoms with Gasteiger partial charge < -0.3 is 10.4 Å². The number of hydrogen-bond donors (Lipinski definition) is 2. The fourth-order valence-corrected chi connectivity index (χ4v) is 4.43. The summed E-state index contributed by atoms with van der Waals surface area (Å²) in [6, 6.07) is 12.5. The molecule has 0 fully saturated rings. The molecule has 1 aromatic heterocycles. The minimum Gasteiger partial charge on any atom is -0.397 e. The van der Waals surface area contributed by atoms with E-state index in [1.807, 2.05) is 64.1 Å². The number of aliphatic hydroxyl groups is 1. The third kappa shape index (κ3) is 7.08. The van der Waals surface area contributed by atoms with E-state index in [9.17, 15) is 9.18 Å². The van der Waals surface area contributed by atoms with Gasteiger partial charge in [0.05, 0.1) is 11.4 Å². The number of thiazole rings is 1. The van der Waals surface area contributed by atoms with Crippen LogP contribution in [0.15, 0.2) is 48.5 Å². The first-order chi connectivity index (χ1) is 16.2. The van der Waals surface area contributed by atoms with Crippen LogP contribution in [0.4, 0.5) is 15.2 Å². The Labute approximate surface area is 206 Å². The van der Waals surface area contributed by atoms with Crippen LogP contribution in [-0.4, -0.2) is 22.5 Å². The van der Waals surface area contributed by atoms with E-state index in [4.69, 9.17) is 5.11 Å². The lowest BCUT2D eigenvalue weighted by Crippen LogP contribution is -2.10. The van der Waals surface area contributed by atoms with Gasteiger partial charge in [-0.05, 0) is 62.9 Å². The Balaban J connectivity index is 0.00000129. The van der Waals surface area contributed by atoms with Crippen molar-refractivity contribution in [3.63, 3.8) is 0 Å². The van der Waals surface area contributed by atoms with Gasteiger partial charge >= 0.3 is 0 Å². The number of hydrogen-bond acceptors (Lipinski definition) is 5. The van der Waals surface area contributed by atoms with E-state index in [0.717, 1.165) is 40.1 Å². The lowest BCUT2D eigenvalue weighted by atomic mass is 9.94. The Morgan fingerprint density at radius 3 is 2.35 bits per heavy atom. The minimum absolute atomic E-state index is 0.0188. The van der Waals surface area contributed by atoms with Crippen LogP contribution in [0.5, 0.6) is 0 Å². The quantitative estimate of drug-likeness (QED) is 0.319. The lowest BCUT2D eigenvalue weighted by molar-refractivity contribution is 0.0923. The second-order valence-corrected chi connectivity index (χ2v) is 9.37. The zero-order valence-corrected chi connectivity index (χ0v) is 21.7. The van der Waals surface area contributed by atoms with Crippen LogP contribution in [-0.2, 0) is 0 Å². The van der Waals surface area contributed by atoms with Gasteiger partial charge in [0.25, 0.3) is 0 Å². The fraction of sp³-hybridized carbons (Fsp3) is 0.357. The van der Waals surface area contributed by atoms with Gasteiger partial charge in [-0.25, -0.2) is 9.37 Å². The summed E-state index contributed by atoms with van der Waals surface area (Å²) in [4.78, 5) is 18.2. The molecule has 0 spiro atoms. The normalized spacial score (nSPS) is 12.1. The van der Waals surface area contributed by atoms with Gasteiger partial charge in [0.1, 0.15) is 5.82 Å². The van der Waals surface area contributed by atoms with E-state index in [0.29, 0.717) is 16.4 Å². The van der Waals surface area contributed by atoms with Crippen molar-refractivity contribution < 1.29 is 14.3 Å². The van der Waals surface area contributed by atoms with Gasteiger partial charge in [0, 0.05) is 23.0 Å². The average Bonchev–Trinajstić information content (AvgIpc) is 3.20. The van der Waals surface area contributed by atoms with Crippen LogP contribution < -0.4 is 5.32 Å². The first-order valence-electron chi connectivity index (χ1n) is 11.7. The zero-order chi connectivity index (χ0) is 25.3. The molecule has 0 radical (unpaired) electrons. The Kier molecular flexibility index (Phi) is 10.6. The second-order valence-electron chi connectivity index (χ2n) is 8.16. The molecule has 0 saturated carbocycles. The SMILES string of the molecule is C/C=C(/C)c1nc(Nc2ccc(-c3ccc(C(=O)C(C)CCC)cc3)cc2F)sc1C.CCO. The summed E-state index contributed by atoms with van der Waals surface area (Å²) in [7, 11) is 0. The number of allylic oxidation sites excluding steroid dienone is 2. The zero-order valence-electron chi connectivity index (χ0n) is 20.9. The third-order valence-electron chi connectivity index (χ3n) is 5.49. The number of anilines is 2. The maximum absolute atomic E-state index is 14.8. The van der Waals surface area contributed by atoms with E-state index in [-0.39, 0.29) is 24.1 Å². The number of carbonyl (C=O) groups excluding carboxylic acids is 1. The average molecular weight is 483 g/mol. The molecular formula is C28H35FN2O2S. The summed E-state index contributed by atoms with van der Waals surface area (Å²) in [6.07, 6.45) is 3.89. The number of benzene rings is 2. The molecular weight excluding hydrogens is 447 g/mol. The predicted octanol–water partition coefficient (Wildman–Crippen LogP) is 8.04. The van der Waals surface area contributed by atoms with E-state index in [1.54, 1.807) is 13.0 Å². The maximum Gasteiger partial charge on any atom is 0.188 e. The first-order valence-corrected chi connectivity index (χ1v) is 12.5. The molecule has 34 heavy (non-hydrogen) atoms. The van der Waals surface area contributed by atoms with Crippen molar-refractivity contribution >= 4 is 33.5 Å². The van der Waals surface area contributed by atoms with Crippen LogP contribution in [0, 0.1) is 18.7 Å². The Bertz CT molecular complexity index is 1120.